The summed E-state index contributed by atoms with van der Waals surface area (Å²) in [6.45, 7) is 2.07. The Kier molecular flexibility index (Phi) is 5.10. The van der Waals surface area contributed by atoms with Crippen molar-refractivity contribution in [3.63, 3.8) is 0 Å². The van der Waals surface area contributed by atoms with E-state index in [1.807, 2.05) is 54.6 Å². The van der Waals surface area contributed by atoms with E-state index >= 15 is 0 Å². The molecule has 2 atom stereocenters. The first-order valence-electron chi connectivity index (χ1n) is 10.8. The average Bonchev–Trinajstić information content (AvgIpc) is 2.94. The molecule has 5 heteroatoms. The summed E-state index contributed by atoms with van der Waals surface area (Å²) in [4.78, 5) is 29.0. The molecular weight excluding hydrogens is 403 g/mol. The lowest BCUT2D eigenvalue weighted by Gasteiger charge is -2.34. The topological polar surface area (TPSA) is 49.4 Å². The number of allylic oxidation sites excluding steroid dienone is 1. The van der Waals surface area contributed by atoms with Crippen LogP contribution >= 0.6 is 0 Å². The van der Waals surface area contributed by atoms with E-state index in [4.69, 9.17) is 0 Å². The Morgan fingerprint density at radius 1 is 0.938 bits per heavy atom. The number of hydrogen-bond donors (Lipinski definition) is 1. The second-order valence-electron chi connectivity index (χ2n) is 8.47. The van der Waals surface area contributed by atoms with Crippen molar-refractivity contribution in [2.24, 2.45) is 5.92 Å². The third-order valence-electron chi connectivity index (χ3n) is 6.12. The van der Waals surface area contributed by atoms with Gasteiger partial charge in [-0.2, -0.15) is 0 Å². The van der Waals surface area contributed by atoms with Gasteiger partial charge in [0.05, 0.1) is 17.4 Å². The van der Waals surface area contributed by atoms with E-state index in [0.29, 0.717) is 23.2 Å². The number of para-hydroxylation sites is 2. The van der Waals surface area contributed by atoms with E-state index in [1.165, 1.54) is 24.3 Å². The normalized spacial score (nSPS) is 20.2. The molecule has 0 saturated carbocycles. The number of anilines is 2. The summed E-state index contributed by atoms with van der Waals surface area (Å²) < 4.78 is 13.6. The van der Waals surface area contributed by atoms with E-state index < -0.39 is 11.9 Å². The van der Waals surface area contributed by atoms with Gasteiger partial charge < -0.3 is 5.32 Å². The molecule has 0 aromatic heterocycles. The molecule has 3 aromatic rings. The number of amides is 1. The molecule has 0 bridgehead atoms. The fraction of sp³-hybridized carbons (Fsp3) is 0.185. The predicted molar refractivity (Wildman–Crippen MR) is 123 cm³/mol. The maximum Gasteiger partial charge on any atom is 0.259 e. The molecule has 32 heavy (non-hydrogen) atoms. The zero-order valence-corrected chi connectivity index (χ0v) is 17.7. The molecule has 1 amide bonds. The standard InChI is InChI=1S/C27H23FN2O2/c1-17-15-22-25(24(31)16-17)26(18-7-3-2-4-8-18)30(23-10-6-5-9-21(23)29-22)27(32)19-11-13-20(28)14-12-19/h2-14,17,26,29H,15-16H2,1H3. The van der Waals surface area contributed by atoms with Crippen molar-refractivity contribution in [2.45, 2.75) is 25.8 Å². The van der Waals surface area contributed by atoms with Crippen molar-refractivity contribution in [2.75, 3.05) is 10.2 Å². The first kappa shape index (κ1) is 20.2. The van der Waals surface area contributed by atoms with Crippen molar-refractivity contribution < 1.29 is 14.0 Å². The van der Waals surface area contributed by atoms with Crippen LogP contribution in [0.1, 0.15) is 41.7 Å². The minimum Gasteiger partial charge on any atom is -0.357 e. The molecule has 1 heterocycles. The van der Waals surface area contributed by atoms with Crippen molar-refractivity contribution in [1.29, 1.82) is 0 Å². The third-order valence-corrected chi connectivity index (χ3v) is 6.12. The lowest BCUT2D eigenvalue weighted by atomic mass is 9.81. The zero-order valence-electron chi connectivity index (χ0n) is 17.7. The fourth-order valence-corrected chi connectivity index (χ4v) is 4.69. The van der Waals surface area contributed by atoms with Gasteiger partial charge >= 0.3 is 0 Å². The number of nitrogens with one attached hydrogen (secondary N) is 1. The molecule has 0 saturated heterocycles. The highest BCUT2D eigenvalue weighted by Gasteiger charge is 2.40. The van der Waals surface area contributed by atoms with Gasteiger partial charge in [-0.3, -0.25) is 14.5 Å². The smallest absolute Gasteiger partial charge is 0.259 e. The molecule has 0 spiro atoms. The van der Waals surface area contributed by atoms with Gasteiger partial charge in [0.15, 0.2) is 5.78 Å². The first-order valence-corrected chi connectivity index (χ1v) is 10.8. The Morgan fingerprint density at radius 2 is 1.62 bits per heavy atom. The van der Waals surface area contributed by atoms with Crippen molar-refractivity contribution in [3.8, 4) is 0 Å². The van der Waals surface area contributed by atoms with Crippen LogP contribution in [-0.4, -0.2) is 11.7 Å². The van der Waals surface area contributed by atoms with Crippen LogP contribution in [0.2, 0.25) is 0 Å². The molecule has 0 radical (unpaired) electrons. The minimum absolute atomic E-state index is 0.0461. The van der Waals surface area contributed by atoms with E-state index in [9.17, 15) is 14.0 Å². The average molecular weight is 426 g/mol. The molecule has 2 aliphatic rings. The van der Waals surface area contributed by atoms with Gasteiger partial charge in [0.1, 0.15) is 5.82 Å². The number of benzene rings is 3. The molecule has 3 aromatic carbocycles. The largest absolute Gasteiger partial charge is 0.357 e. The number of ketones is 1. The molecule has 4 nitrogen and oxygen atoms in total. The summed E-state index contributed by atoms with van der Waals surface area (Å²) in [5.74, 6) is -0.421. The number of carbonyl (C=O) groups excluding carboxylic acids is 2. The van der Waals surface area contributed by atoms with E-state index in [2.05, 4.69) is 12.2 Å². The van der Waals surface area contributed by atoms with Crippen LogP contribution in [0.25, 0.3) is 0 Å². The molecule has 1 aliphatic heterocycles. The molecule has 0 fully saturated rings. The highest BCUT2D eigenvalue weighted by atomic mass is 19.1. The highest BCUT2D eigenvalue weighted by Crippen LogP contribution is 2.46. The molecule has 5 rings (SSSR count). The third kappa shape index (κ3) is 3.50. The predicted octanol–water partition coefficient (Wildman–Crippen LogP) is 5.89. The molecule has 2 unspecified atom stereocenters. The number of halogens is 1. The fourth-order valence-electron chi connectivity index (χ4n) is 4.69. The highest BCUT2D eigenvalue weighted by molar-refractivity contribution is 6.11. The van der Waals surface area contributed by atoms with Crippen LogP contribution in [0, 0.1) is 11.7 Å². The second kappa shape index (κ2) is 8.08. The summed E-state index contributed by atoms with van der Waals surface area (Å²) >= 11 is 0. The molecule has 1 N–H and O–H groups in total. The Hall–Kier alpha value is -3.73. The van der Waals surface area contributed by atoms with Gasteiger partial charge in [0, 0.05) is 23.3 Å². The Balaban J connectivity index is 1.77. The van der Waals surface area contributed by atoms with Crippen molar-refractivity contribution >= 4 is 23.1 Å². The summed E-state index contributed by atoms with van der Waals surface area (Å²) in [6.07, 6.45) is 1.18. The van der Waals surface area contributed by atoms with Crippen LogP contribution < -0.4 is 10.2 Å². The van der Waals surface area contributed by atoms with Crippen LogP contribution in [0.5, 0.6) is 0 Å². The van der Waals surface area contributed by atoms with Gasteiger partial charge in [-0.25, -0.2) is 4.39 Å². The van der Waals surface area contributed by atoms with Gasteiger partial charge in [-0.15, -0.1) is 0 Å². The number of carbonyl (C=O) groups is 2. The quantitative estimate of drug-likeness (QED) is 0.556. The van der Waals surface area contributed by atoms with E-state index in [0.717, 1.165) is 23.4 Å². The zero-order chi connectivity index (χ0) is 22.2. The maximum atomic E-state index is 13.9. The number of nitrogens with zero attached hydrogens (tertiary/aromatic N) is 1. The second-order valence-corrected chi connectivity index (χ2v) is 8.47. The SMILES string of the molecule is CC1CC(=O)C2=C(C1)Nc1ccccc1N(C(=O)c1ccc(F)cc1)C2c1ccccc1. The van der Waals surface area contributed by atoms with E-state index in [-0.39, 0.29) is 17.6 Å². The number of hydrogen-bond acceptors (Lipinski definition) is 3. The number of Topliss-reactive ketones (excluding diaryl/α,β-unsaturated/α-hetero) is 1. The van der Waals surface area contributed by atoms with Gasteiger partial charge in [-0.05, 0) is 54.3 Å². The minimum atomic E-state index is -0.583. The summed E-state index contributed by atoms with van der Waals surface area (Å²) in [5.41, 5.74) is 4.17. The molecular formula is C27H23FN2O2. The van der Waals surface area contributed by atoms with Crippen LogP contribution in [0.15, 0.2) is 90.1 Å². The lowest BCUT2D eigenvalue weighted by Crippen LogP contribution is -2.38. The van der Waals surface area contributed by atoms with Crippen LogP contribution in [0.3, 0.4) is 0 Å². The van der Waals surface area contributed by atoms with Crippen molar-refractivity contribution in [3.05, 3.63) is 107 Å². The summed E-state index contributed by atoms with van der Waals surface area (Å²) in [7, 11) is 0. The van der Waals surface area contributed by atoms with Gasteiger partial charge in [0.2, 0.25) is 0 Å². The Bertz CT molecular complexity index is 1220. The first-order chi connectivity index (χ1) is 15.5. The van der Waals surface area contributed by atoms with Crippen LogP contribution in [-0.2, 0) is 4.79 Å². The Morgan fingerprint density at radius 3 is 2.38 bits per heavy atom. The maximum absolute atomic E-state index is 13.9. The Labute approximate surface area is 186 Å². The lowest BCUT2D eigenvalue weighted by molar-refractivity contribution is -0.117. The number of fused-ring (bicyclic) bond motifs is 1. The van der Waals surface area contributed by atoms with Gasteiger partial charge in [0.25, 0.3) is 5.91 Å². The number of rotatable bonds is 2. The van der Waals surface area contributed by atoms with Gasteiger partial charge in [-0.1, -0.05) is 49.4 Å². The summed E-state index contributed by atoms with van der Waals surface area (Å²) in [6, 6.07) is 22.2. The molecule has 160 valence electrons. The van der Waals surface area contributed by atoms with Crippen LogP contribution in [0.4, 0.5) is 15.8 Å². The molecule has 1 aliphatic carbocycles. The summed E-state index contributed by atoms with van der Waals surface area (Å²) in [5, 5.41) is 3.47. The van der Waals surface area contributed by atoms with Crippen molar-refractivity contribution in [1.82, 2.24) is 0 Å². The monoisotopic (exact) mass is 426 g/mol. The van der Waals surface area contributed by atoms with E-state index in [1.54, 1.807) is 4.90 Å².